The maximum Gasteiger partial charge on any atom is 0.243 e. The molecule has 0 radical (unpaired) electrons. The van der Waals surface area contributed by atoms with Crippen LogP contribution in [0.25, 0.3) is 0 Å². The summed E-state index contributed by atoms with van der Waals surface area (Å²) in [5.41, 5.74) is 0.885. The van der Waals surface area contributed by atoms with E-state index < -0.39 is 10.0 Å². The maximum absolute atomic E-state index is 12.6. The molecular weight excluding hydrogens is 276 g/mol. The van der Waals surface area contributed by atoms with Gasteiger partial charge in [-0.25, -0.2) is 8.42 Å². The Labute approximate surface area is 122 Å². The van der Waals surface area contributed by atoms with Gasteiger partial charge in [0.1, 0.15) is 0 Å². The number of ether oxygens (including phenoxy) is 1. The van der Waals surface area contributed by atoms with Crippen LogP contribution in [-0.4, -0.2) is 46.6 Å². The van der Waals surface area contributed by atoms with Crippen LogP contribution >= 0.6 is 0 Å². The summed E-state index contributed by atoms with van der Waals surface area (Å²) >= 11 is 0. The van der Waals surface area contributed by atoms with E-state index in [1.165, 1.54) is 4.31 Å². The van der Waals surface area contributed by atoms with Crippen LogP contribution in [0.4, 0.5) is 5.69 Å². The van der Waals surface area contributed by atoms with Crippen LogP contribution in [0.3, 0.4) is 0 Å². The fourth-order valence-electron chi connectivity index (χ4n) is 1.85. The number of sulfonamides is 1. The Kier molecular flexibility index (Phi) is 6.45. The molecule has 0 fully saturated rings. The van der Waals surface area contributed by atoms with Gasteiger partial charge in [-0.3, -0.25) is 0 Å². The van der Waals surface area contributed by atoms with Crippen molar-refractivity contribution >= 4 is 15.7 Å². The molecule has 0 aliphatic rings. The molecule has 0 saturated carbocycles. The summed E-state index contributed by atoms with van der Waals surface area (Å²) in [4.78, 5) is 0.313. The zero-order valence-electron chi connectivity index (χ0n) is 12.6. The van der Waals surface area contributed by atoms with Gasteiger partial charge < -0.3 is 10.1 Å². The van der Waals surface area contributed by atoms with Crippen molar-refractivity contribution < 1.29 is 13.2 Å². The molecule has 114 valence electrons. The van der Waals surface area contributed by atoms with E-state index in [9.17, 15) is 8.42 Å². The molecule has 0 aromatic heterocycles. The van der Waals surface area contributed by atoms with Crippen molar-refractivity contribution in [2.45, 2.75) is 18.7 Å². The van der Waals surface area contributed by atoms with Crippen molar-refractivity contribution in [3.8, 4) is 0 Å². The van der Waals surface area contributed by atoms with E-state index in [1.807, 2.05) is 13.8 Å². The molecule has 0 unspecified atom stereocenters. The molecule has 0 bridgehead atoms. The average molecular weight is 300 g/mol. The Morgan fingerprint density at radius 3 is 2.30 bits per heavy atom. The van der Waals surface area contributed by atoms with E-state index in [2.05, 4.69) is 5.32 Å². The normalized spacial score (nSPS) is 12.1. The average Bonchev–Trinajstić information content (AvgIpc) is 2.43. The van der Waals surface area contributed by atoms with E-state index in [4.69, 9.17) is 4.74 Å². The second-order valence-electron chi connectivity index (χ2n) is 5.02. The molecule has 0 atom stereocenters. The summed E-state index contributed by atoms with van der Waals surface area (Å²) in [6.07, 6.45) is 0. The largest absolute Gasteiger partial charge is 0.388 e. The third-order valence-electron chi connectivity index (χ3n) is 2.89. The minimum Gasteiger partial charge on any atom is -0.388 e. The highest BCUT2D eigenvalue weighted by Crippen LogP contribution is 2.19. The Hall–Kier alpha value is -1.11. The molecule has 0 aliphatic heterocycles. The summed E-state index contributed by atoms with van der Waals surface area (Å²) < 4.78 is 31.7. The van der Waals surface area contributed by atoms with Gasteiger partial charge in [0.25, 0.3) is 0 Å². The van der Waals surface area contributed by atoms with Crippen LogP contribution in [-0.2, 0) is 14.8 Å². The molecule has 0 amide bonds. The molecule has 0 saturated heterocycles. The molecule has 0 heterocycles. The molecule has 5 nitrogen and oxygen atoms in total. The number of hydrogen-bond donors (Lipinski definition) is 1. The molecule has 1 N–H and O–H groups in total. The lowest BCUT2D eigenvalue weighted by molar-refractivity contribution is 0.175. The second kappa shape index (κ2) is 7.61. The van der Waals surface area contributed by atoms with Crippen molar-refractivity contribution in [3.63, 3.8) is 0 Å². The van der Waals surface area contributed by atoms with E-state index in [0.29, 0.717) is 24.6 Å². The van der Waals surface area contributed by atoms with Crippen molar-refractivity contribution in [1.82, 2.24) is 4.31 Å². The van der Waals surface area contributed by atoms with Crippen molar-refractivity contribution in [2.24, 2.45) is 5.92 Å². The first-order chi connectivity index (χ1) is 9.41. The summed E-state index contributed by atoms with van der Waals surface area (Å²) in [5, 5.41) is 2.97. The lowest BCUT2D eigenvalue weighted by atomic mass is 10.2. The van der Waals surface area contributed by atoms with Gasteiger partial charge in [-0.1, -0.05) is 13.8 Å². The summed E-state index contributed by atoms with van der Waals surface area (Å²) in [6.45, 7) is 5.24. The number of nitrogens with zero attached hydrogens (tertiary/aromatic N) is 1. The van der Waals surface area contributed by atoms with Gasteiger partial charge in [-0.15, -0.1) is 0 Å². The number of methoxy groups -OCH3 is 1. The summed E-state index contributed by atoms with van der Waals surface area (Å²) in [6, 6.07) is 6.77. The van der Waals surface area contributed by atoms with Crippen LogP contribution in [0.1, 0.15) is 13.8 Å². The first kappa shape index (κ1) is 16.9. The number of hydrogen-bond acceptors (Lipinski definition) is 4. The Balaban J connectivity index is 3.00. The minimum atomic E-state index is -3.47. The zero-order chi connectivity index (χ0) is 15.2. The van der Waals surface area contributed by atoms with Gasteiger partial charge in [-0.2, -0.15) is 4.31 Å². The predicted molar refractivity (Wildman–Crippen MR) is 81.5 cm³/mol. The number of rotatable bonds is 8. The van der Waals surface area contributed by atoms with Crippen LogP contribution in [0.2, 0.25) is 0 Å². The molecule has 1 aromatic carbocycles. The van der Waals surface area contributed by atoms with Crippen molar-refractivity contribution in [2.75, 3.05) is 39.2 Å². The topological polar surface area (TPSA) is 58.6 Å². The van der Waals surface area contributed by atoms with Gasteiger partial charge in [-0.05, 0) is 30.2 Å². The fourth-order valence-corrected chi connectivity index (χ4v) is 3.44. The smallest absolute Gasteiger partial charge is 0.243 e. The molecular formula is C14H24N2O3S. The Bertz CT molecular complexity index is 498. The molecule has 1 rings (SSSR count). The lowest BCUT2D eigenvalue weighted by Crippen LogP contribution is -2.36. The SMILES string of the molecule is CNc1ccc(S(=O)(=O)N(CCOC)CC(C)C)cc1. The first-order valence-corrected chi connectivity index (χ1v) is 8.12. The van der Waals surface area contributed by atoms with E-state index in [0.717, 1.165) is 5.69 Å². The molecule has 0 spiro atoms. The van der Waals surface area contributed by atoms with Gasteiger partial charge >= 0.3 is 0 Å². The van der Waals surface area contributed by atoms with Gasteiger partial charge in [0.15, 0.2) is 0 Å². The minimum absolute atomic E-state index is 0.262. The molecule has 20 heavy (non-hydrogen) atoms. The number of anilines is 1. The van der Waals surface area contributed by atoms with Crippen LogP contribution in [0.15, 0.2) is 29.2 Å². The number of benzene rings is 1. The van der Waals surface area contributed by atoms with Gasteiger partial charge in [0.2, 0.25) is 10.0 Å². The maximum atomic E-state index is 12.6. The van der Waals surface area contributed by atoms with Crippen LogP contribution in [0.5, 0.6) is 0 Å². The van der Waals surface area contributed by atoms with Gasteiger partial charge in [0, 0.05) is 32.9 Å². The monoisotopic (exact) mass is 300 g/mol. The highest BCUT2D eigenvalue weighted by Gasteiger charge is 2.24. The van der Waals surface area contributed by atoms with E-state index >= 15 is 0 Å². The third kappa shape index (κ3) is 4.47. The fraction of sp³-hybridized carbons (Fsp3) is 0.571. The zero-order valence-corrected chi connectivity index (χ0v) is 13.4. The third-order valence-corrected chi connectivity index (χ3v) is 4.77. The highest BCUT2D eigenvalue weighted by molar-refractivity contribution is 7.89. The Morgan fingerprint density at radius 1 is 1.25 bits per heavy atom. The molecule has 1 aromatic rings. The predicted octanol–water partition coefficient (Wildman–Crippen LogP) is 2.02. The summed E-state index contributed by atoms with van der Waals surface area (Å²) in [7, 11) is -0.0977. The standard InChI is InChI=1S/C14H24N2O3S/c1-12(2)11-16(9-10-19-4)20(17,18)14-7-5-13(15-3)6-8-14/h5-8,12,15H,9-11H2,1-4H3. The Morgan fingerprint density at radius 2 is 1.85 bits per heavy atom. The lowest BCUT2D eigenvalue weighted by Gasteiger charge is -2.23. The molecule has 6 heteroatoms. The van der Waals surface area contributed by atoms with Crippen molar-refractivity contribution in [1.29, 1.82) is 0 Å². The molecule has 0 aliphatic carbocycles. The van der Waals surface area contributed by atoms with Gasteiger partial charge in [0.05, 0.1) is 11.5 Å². The van der Waals surface area contributed by atoms with E-state index in [-0.39, 0.29) is 5.92 Å². The van der Waals surface area contributed by atoms with Crippen LogP contribution in [0, 0.1) is 5.92 Å². The second-order valence-corrected chi connectivity index (χ2v) is 6.96. The van der Waals surface area contributed by atoms with Crippen molar-refractivity contribution in [3.05, 3.63) is 24.3 Å². The van der Waals surface area contributed by atoms with Crippen LogP contribution < -0.4 is 5.32 Å². The first-order valence-electron chi connectivity index (χ1n) is 6.68. The number of nitrogens with one attached hydrogen (secondary N) is 1. The highest BCUT2D eigenvalue weighted by atomic mass is 32.2. The summed E-state index contributed by atoms with van der Waals surface area (Å²) in [5.74, 6) is 0.262. The van der Waals surface area contributed by atoms with E-state index in [1.54, 1.807) is 38.4 Å². The quantitative estimate of drug-likeness (QED) is 0.798.